The van der Waals surface area contributed by atoms with E-state index in [4.69, 9.17) is 37.2 Å². The summed E-state index contributed by atoms with van der Waals surface area (Å²) in [6.07, 6.45) is 7.26. The van der Waals surface area contributed by atoms with Gasteiger partial charge in [0, 0.05) is 16.7 Å². The van der Waals surface area contributed by atoms with Crippen LogP contribution >= 0.6 is 12.2 Å². The topological polar surface area (TPSA) is 114 Å². The van der Waals surface area contributed by atoms with Gasteiger partial charge in [0.15, 0.2) is 5.75 Å². The lowest BCUT2D eigenvalue weighted by Crippen LogP contribution is -2.25. The minimum atomic E-state index is -0.417. The van der Waals surface area contributed by atoms with E-state index in [9.17, 15) is 14.4 Å². The predicted octanol–water partition coefficient (Wildman–Crippen LogP) is 4.64. The molecule has 0 saturated carbocycles. The van der Waals surface area contributed by atoms with Gasteiger partial charge in [0.25, 0.3) is 0 Å². The molecule has 0 amide bonds. The first-order chi connectivity index (χ1) is 16.8. The molecule has 35 heavy (non-hydrogen) atoms. The van der Waals surface area contributed by atoms with Crippen molar-refractivity contribution < 1.29 is 33.6 Å². The minimum absolute atomic E-state index is 0.0174. The Bertz CT molecular complexity index is 995. The molecule has 1 aliphatic carbocycles. The van der Waals surface area contributed by atoms with E-state index >= 15 is 0 Å². The first-order valence-electron chi connectivity index (χ1n) is 11.7. The van der Waals surface area contributed by atoms with Crippen LogP contribution in [0.5, 0.6) is 5.75 Å². The number of nitrogens with two attached hydrogens (primary N) is 1. The summed E-state index contributed by atoms with van der Waals surface area (Å²) >= 11 is 4.88. The average molecular weight is 504 g/mol. The van der Waals surface area contributed by atoms with Crippen molar-refractivity contribution in [3.8, 4) is 5.75 Å². The number of allylic oxidation sites excluding steroid dienone is 2. The summed E-state index contributed by atoms with van der Waals surface area (Å²) in [6, 6.07) is 6.65. The van der Waals surface area contributed by atoms with Crippen molar-refractivity contribution in [2.75, 3.05) is 14.2 Å². The van der Waals surface area contributed by atoms with Gasteiger partial charge >= 0.3 is 5.97 Å². The Balaban J connectivity index is 1.56. The second-order valence-corrected chi connectivity index (χ2v) is 8.67. The van der Waals surface area contributed by atoms with Crippen LogP contribution in [-0.4, -0.2) is 36.7 Å². The number of ketones is 2. The average Bonchev–Trinajstić information content (AvgIpc) is 2.85. The molecule has 0 aromatic heterocycles. The standard InChI is InChI=1S/C26H33NO7S/c1-17-20(23(30)25(32-3)24(31-2)22(17)29)11-9-7-5-4-6-8-10-12-21(28)34-33-19-15-13-18(14-16-19)26(27)35/h13-16H,4-12H2,1-3H3,(H2,27,35). The predicted molar refractivity (Wildman–Crippen MR) is 134 cm³/mol. The second kappa shape index (κ2) is 14.3. The van der Waals surface area contributed by atoms with Gasteiger partial charge in [-0.2, -0.15) is 0 Å². The molecule has 0 unspecified atom stereocenters. The molecule has 0 spiro atoms. The van der Waals surface area contributed by atoms with Crippen LogP contribution in [0.25, 0.3) is 0 Å². The van der Waals surface area contributed by atoms with Crippen LogP contribution in [0.1, 0.15) is 70.3 Å². The zero-order chi connectivity index (χ0) is 25.8. The van der Waals surface area contributed by atoms with Crippen LogP contribution in [0.4, 0.5) is 0 Å². The molecule has 190 valence electrons. The third-order valence-corrected chi connectivity index (χ3v) is 6.01. The van der Waals surface area contributed by atoms with E-state index in [0.29, 0.717) is 28.9 Å². The third kappa shape index (κ3) is 8.20. The number of hydrogen-bond donors (Lipinski definition) is 1. The molecule has 0 fully saturated rings. The van der Waals surface area contributed by atoms with Crippen molar-refractivity contribution in [3.05, 3.63) is 52.5 Å². The molecule has 0 heterocycles. The Hall–Kier alpha value is -3.20. The van der Waals surface area contributed by atoms with Gasteiger partial charge in [0.1, 0.15) is 4.99 Å². The molecule has 8 nitrogen and oxygen atoms in total. The van der Waals surface area contributed by atoms with E-state index in [1.54, 1.807) is 31.2 Å². The maximum Gasteiger partial charge on any atom is 0.355 e. The number of thiocarbonyl (C=S) groups is 1. The molecule has 0 atom stereocenters. The van der Waals surface area contributed by atoms with E-state index in [2.05, 4.69) is 0 Å². The smallest absolute Gasteiger partial charge is 0.355 e. The van der Waals surface area contributed by atoms with Crippen LogP contribution in [0.3, 0.4) is 0 Å². The van der Waals surface area contributed by atoms with Crippen molar-refractivity contribution in [1.29, 1.82) is 0 Å². The molecule has 2 rings (SSSR count). The van der Waals surface area contributed by atoms with Crippen LogP contribution in [0, 0.1) is 0 Å². The van der Waals surface area contributed by atoms with Gasteiger partial charge in [0.05, 0.1) is 20.6 Å². The Morgan fingerprint density at radius 3 is 1.97 bits per heavy atom. The highest BCUT2D eigenvalue weighted by atomic mass is 32.1. The zero-order valence-electron chi connectivity index (χ0n) is 20.5. The Morgan fingerprint density at radius 2 is 1.40 bits per heavy atom. The van der Waals surface area contributed by atoms with Gasteiger partial charge in [0.2, 0.25) is 23.1 Å². The van der Waals surface area contributed by atoms with Crippen LogP contribution < -0.4 is 10.6 Å². The molecule has 9 heteroatoms. The van der Waals surface area contributed by atoms with E-state index in [0.717, 1.165) is 44.9 Å². The number of Topliss-reactive ketones (excluding diaryl/α,β-unsaturated/α-hetero) is 2. The fraction of sp³-hybridized carbons (Fsp3) is 0.462. The van der Waals surface area contributed by atoms with Crippen LogP contribution in [0.15, 0.2) is 46.9 Å². The first-order valence-corrected chi connectivity index (χ1v) is 12.1. The Labute approximate surface area is 211 Å². The highest BCUT2D eigenvalue weighted by Gasteiger charge is 2.34. The molecular weight excluding hydrogens is 470 g/mol. The lowest BCUT2D eigenvalue weighted by Gasteiger charge is -2.20. The minimum Gasteiger partial charge on any atom is -0.489 e. The van der Waals surface area contributed by atoms with Crippen molar-refractivity contribution in [2.24, 2.45) is 5.73 Å². The highest BCUT2D eigenvalue weighted by molar-refractivity contribution is 7.80. The number of carbonyl (C=O) groups is 3. The maximum absolute atomic E-state index is 12.6. The molecule has 0 aliphatic heterocycles. The van der Waals surface area contributed by atoms with Gasteiger partial charge in [-0.15, -0.1) is 0 Å². The van der Waals surface area contributed by atoms with Gasteiger partial charge in [-0.3, -0.25) is 19.4 Å². The summed E-state index contributed by atoms with van der Waals surface area (Å²) in [6.45, 7) is 1.66. The van der Waals surface area contributed by atoms with Crippen molar-refractivity contribution >= 4 is 34.7 Å². The van der Waals surface area contributed by atoms with Gasteiger partial charge in [-0.05, 0) is 50.5 Å². The van der Waals surface area contributed by atoms with E-state index in [1.165, 1.54) is 14.2 Å². The molecule has 1 aromatic carbocycles. The fourth-order valence-electron chi connectivity index (χ4n) is 3.76. The number of benzene rings is 1. The number of hydrogen-bond acceptors (Lipinski definition) is 8. The summed E-state index contributed by atoms with van der Waals surface area (Å²) in [5.74, 6) is -0.625. The van der Waals surface area contributed by atoms with E-state index in [-0.39, 0.29) is 34.5 Å². The summed E-state index contributed by atoms with van der Waals surface area (Å²) in [5, 5.41) is 0. The zero-order valence-corrected chi connectivity index (χ0v) is 21.3. The molecule has 1 aromatic rings. The molecular formula is C26H33NO7S. The SMILES string of the molecule is COC1=C(OC)C(=O)C(CCCCCCCCCC(=O)OOc2ccc(C(N)=S)cc2)=C(C)C1=O. The lowest BCUT2D eigenvalue weighted by molar-refractivity contribution is -0.213. The molecule has 0 radical (unpaired) electrons. The number of methoxy groups -OCH3 is 2. The molecule has 0 bridgehead atoms. The number of rotatable bonds is 15. The Morgan fingerprint density at radius 1 is 0.857 bits per heavy atom. The van der Waals surface area contributed by atoms with Gasteiger partial charge < -0.3 is 15.2 Å². The monoisotopic (exact) mass is 503 g/mol. The first kappa shape index (κ1) is 28.0. The summed E-state index contributed by atoms with van der Waals surface area (Å²) in [4.78, 5) is 46.9. The van der Waals surface area contributed by atoms with Gasteiger partial charge in [-0.1, -0.05) is 44.3 Å². The molecule has 0 saturated heterocycles. The molecule has 2 N–H and O–H groups in total. The van der Waals surface area contributed by atoms with Gasteiger partial charge in [-0.25, -0.2) is 4.79 Å². The van der Waals surface area contributed by atoms with Crippen molar-refractivity contribution in [3.63, 3.8) is 0 Å². The van der Waals surface area contributed by atoms with Crippen molar-refractivity contribution in [2.45, 2.75) is 64.7 Å². The number of unbranched alkanes of at least 4 members (excludes halogenated alkanes) is 6. The largest absolute Gasteiger partial charge is 0.489 e. The van der Waals surface area contributed by atoms with Crippen molar-refractivity contribution in [1.82, 2.24) is 0 Å². The molecule has 1 aliphatic rings. The second-order valence-electron chi connectivity index (χ2n) is 8.23. The normalized spacial score (nSPS) is 13.7. The third-order valence-electron chi connectivity index (χ3n) is 5.77. The van der Waals surface area contributed by atoms with E-state index < -0.39 is 5.97 Å². The number of carbonyl (C=O) groups excluding carboxylic acids is 3. The summed E-state index contributed by atoms with van der Waals surface area (Å²) in [5.41, 5.74) is 7.18. The summed E-state index contributed by atoms with van der Waals surface area (Å²) in [7, 11) is 2.72. The lowest BCUT2D eigenvalue weighted by atomic mass is 9.89. The fourth-order valence-corrected chi connectivity index (χ4v) is 3.89. The highest BCUT2D eigenvalue weighted by Crippen LogP contribution is 2.28. The summed E-state index contributed by atoms with van der Waals surface area (Å²) < 4.78 is 10.2. The van der Waals surface area contributed by atoms with Crippen LogP contribution in [0.2, 0.25) is 0 Å². The van der Waals surface area contributed by atoms with E-state index in [1.807, 2.05) is 0 Å². The van der Waals surface area contributed by atoms with Crippen LogP contribution in [-0.2, 0) is 28.7 Å². The number of ether oxygens (including phenoxy) is 2. The Kier molecular flexibility index (Phi) is 11.4. The maximum atomic E-state index is 12.6. The quantitative estimate of drug-likeness (QED) is 0.120.